The summed E-state index contributed by atoms with van der Waals surface area (Å²) in [5.41, 5.74) is 1.74. The fourth-order valence-electron chi connectivity index (χ4n) is 1.84. The number of anilines is 1. The van der Waals surface area contributed by atoms with Crippen LogP contribution in [-0.2, 0) is 0 Å². The molecule has 0 saturated heterocycles. The third-order valence-electron chi connectivity index (χ3n) is 2.81. The molecule has 2 heterocycles. The van der Waals surface area contributed by atoms with Gasteiger partial charge in [0.2, 0.25) is 0 Å². The van der Waals surface area contributed by atoms with E-state index in [1.807, 2.05) is 0 Å². The van der Waals surface area contributed by atoms with Crippen LogP contribution in [0, 0.1) is 0 Å². The summed E-state index contributed by atoms with van der Waals surface area (Å²) in [7, 11) is 0. The van der Waals surface area contributed by atoms with Crippen molar-refractivity contribution in [3.05, 3.63) is 66.0 Å². The minimum atomic E-state index is -0.249. The first-order valence-electron chi connectivity index (χ1n) is 6.10. The first-order valence-corrected chi connectivity index (χ1v) is 6.48. The Morgan fingerprint density at radius 2 is 1.95 bits per heavy atom. The second-order valence-electron chi connectivity index (χ2n) is 4.19. The van der Waals surface area contributed by atoms with Gasteiger partial charge in [-0.25, -0.2) is 9.67 Å². The molecule has 2 aromatic heterocycles. The summed E-state index contributed by atoms with van der Waals surface area (Å²) in [6.07, 6.45) is 6.09. The first-order chi connectivity index (χ1) is 10.2. The normalized spacial score (nSPS) is 10.3. The van der Waals surface area contributed by atoms with Gasteiger partial charge in [0.25, 0.3) is 5.91 Å². The van der Waals surface area contributed by atoms with Gasteiger partial charge in [-0.1, -0.05) is 11.6 Å². The lowest BCUT2D eigenvalue weighted by Crippen LogP contribution is -2.14. The summed E-state index contributed by atoms with van der Waals surface area (Å²) >= 11 is 6.00. The highest BCUT2D eigenvalue weighted by Crippen LogP contribution is 2.24. The lowest BCUT2D eigenvalue weighted by atomic mass is 10.2. The molecule has 0 unspecified atom stereocenters. The van der Waals surface area contributed by atoms with E-state index in [4.69, 9.17) is 11.6 Å². The van der Waals surface area contributed by atoms with Crippen molar-refractivity contribution >= 4 is 23.2 Å². The van der Waals surface area contributed by atoms with Crippen LogP contribution in [0.5, 0.6) is 0 Å². The van der Waals surface area contributed by atoms with Gasteiger partial charge >= 0.3 is 0 Å². The highest BCUT2D eigenvalue weighted by molar-refractivity contribution is 6.31. The van der Waals surface area contributed by atoms with Crippen LogP contribution in [0.4, 0.5) is 5.69 Å². The van der Waals surface area contributed by atoms with Gasteiger partial charge in [0.1, 0.15) is 12.7 Å². The van der Waals surface area contributed by atoms with E-state index in [1.165, 1.54) is 6.33 Å². The van der Waals surface area contributed by atoms with Gasteiger partial charge in [-0.15, -0.1) is 0 Å². The number of halogens is 1. The molecule has 0 aliphatic heterocycles. The number of benzene rings is 1. The van der Waals surface area contributed by atoms with Crippen molar-refractivity contribution < 1.29 is 4.79 Å². The quantitative estimate of drug-likeness (QED) is 0.806. The molecule has 0 aliphatic carbocycles. The third kappa shape index (κ3) is 2.90. The number of hydrogen-bond donors (Lipinski definition) is 1. The summed E-state index contributed by atoms with van der Waals surface area (Å²) in [5.74, 6) is -0.249. The summed E-state index contributed by atoms with van der Waals surface area (Å²) in [6, 6.07) is 8.42. The summed E-state index contributed by atoms with van der Waals surface area (Å²) in [6.45, 7) is 0. The zero-order chi connectivity index (χ0) is 14.7. The van der Waals surface area contributed by atoms with Crippen molar-refractivity contribution in [1.29, 1.82) is 0 Å². The molecule has 0 fully saturated rings. The molecule has 7 heteroatoms. The molecule has 0 atom stereocenters. The van der Waals surface area contributed by atoms with E-state index in [0.29, 0.717) is 22.0 Å². The van der Waals surface area contributed by atoms with Crippen LogP contribution >= 0.6 is 11.6 Å². The molecule has 0 bridgehead atoms. The molecule has 0 saturated carbocycles. The Morgan fingerprint density at radius 1 is 1.14 bits per heavy atom. The molecule has 0 aliphatic rings. The predicted molar refractivity (Wildman–Crippen MR) is 78.6 cm³/mol. The summed E-state index contributed by atoms with van der Waals surface area (Å²) < 4.78 is 1.55. The number of rotatable bonds is 3. The Labute approximate surface area is 125 Å². The van der Waals surface area contributed by atoms with Gasteiger partial charge in [-0.2, -0.15) is 5.10 Å². The van der Waals surface area contributed by atoms with E-state index in [0.717, 1.165) is 0 Å². The van der Waals surface area contributed by atoms with Crippen molar-refractivity contribution in [2.75, 3.05) is 5.32 Å². The molecule has 1 N–H and O–H groups in total. The maximum atomic E-state index is 12.2. The number of nitrogens with zero attached hydrogens (tertiary/aromatic N) is 4. The molecule has 0 radical (unpaired) electrons. The van der Waals surface area contributed by atoms with Crippen LogP contribution in [0.2, 0.25) is 5.02 Å². The number of carbonyl (C=O) groups is 1. The molecule has 21 heavy (non-hydrogen) atoms. The zero-order valence-electron chi connectivity index (χ0n) is 10.8. The average Bonchev–Trinajstić information content (AvgIpc) is 3.02. The van der Waals surface area contributed by atoms with Crippen molar-refractivity contribution in [3.8, 4) is 5.69 Å². The van der Waals surface area contributed by atoms with Gasteiger partial charge < -0.3 is 5.32 Å². The fraction of sp³-hybridized carbons (Fsp3) is 0. The lowest BCUT2D eigenvalue weighted by molar-refractivity contribution is 0.102. The largest absolute Gasteiger partial charge is 0.320 e. The number of amides is 1. The van der Waals surface area contributed by atoms with Crippen LogP contribution in [-0.4, -0.2) is 25.7 Å². The second kappa shape index (κ2) is 5.72. The number of nitrogens with one attached hydrogen (secondary N) is 1. The monoisotopic (exact) mass is 299 g/mol. The van der Waals surface area contributed by atoms with E-state index in [9.17, 15) is 4.79 Å². The van der Waals surface area contributed by atoms with Crippen molar-refractivity contribution in [3.63, 3.8) is 0 Å². The number of hydrogen-bond acceptors (Lipinski definition) is 4. The van der Waals surface area contributed by atoms with Crippen LogP contribution in [0.1, 0.15) is 10.4 Å². The maximum Gasteiger partial charge on any atom is 0.255 e. The van der Waals surface area contributed by atoms with E-state index in [2.05, 4.69) is 20.4 Å². The first kappa shape index (κ1) is 13.3. The number of carbonyl (C=O) groups excluding carboxylic acids is 1. The van der Waals surface area contributed by atoms with Crippen LogP contribution < -0.4 is 5.32 Å². The van der Waals surface area contributed by atoms with Gasteiger partial charge in [0, 0.05) is 23.0 Å². The van der Waals surface area contributed by atoms with Crippen molar-refractivity contribution in [2.45, 2.75) is 0 Å². The van der Waals surface area contributed by atoms with Crippen molar-refractivity contribution in [1.82, 2.24) is 19.7 Å². The standard InChI is InChI=1S/C14H10ClN5O/c15-11-1-2-13(20-9-17-8-18-20)12(7-11)19-14(21)10-3-5-16-6-4-10/h1-9H,(H,19,21). The molecular formula is C14H10ClN5O. The molecule has 6 nitrogen and oxygen atoms in total. The van der Waals surface area contributed by atoms with E-state index in [1.54, 1.807) is 53.7 Å². The Balaban J connectivity index is 1.95. The number of pyridine rings is 1. The Hall–Kier alpha value is -2.73. The van der Waals surface area contributed by atoms with Crippen LogP contribution in [0.15, 0.2) is 55.4 Å². The smallest absolute Gasteiger partial charge is 0.255 e. The van der Waals surface area contributed by atoms with Crippen molar-refractivity contribution in [2.24, 2.45) is 0 Å². The SMILES string of the molecule is O=C(Nc1cc(Cl)ccc1-n1cncn1)c1ccncc1. The fourth-order valence-corrected chi connectivity index (χ4v) is 2.01. The summed E-state index contributed by atoms with van der Waals surface area (Å²) in [4.78, 5) is 20.0. The Bertz CT molecular complexity index is 758. The molecule has 3 rings (SSSR count). The molecule has 0 spiro atoms. The highest BCUT2D eigenvalue weighted by Gasteiger charge is 2.11. The predicted octanol–water partition coefficient (Wildman–Crippen LogP) is 2.57. The molecule has 1 aromatic carbocycles. The van der Waals surface area contributed by atoms with Crippen LogP contribution in [0.3, 0.4) is 0 Å². The lowest BCUT2D eigenvalue weighted by Gasteiger charge is -2.11. The van der Waals surface area contributed by atoms with E-state index >= 15 is 0 Å². The maximum absolute atomic E-state index is 12.2. The van der Waals surface area contributed by atoms with E-state index in [-0.39, 0.29) is 5.91 Å². The minimum absolute atomic E-state index is 0.249. The minimum Gasteiger partial charge on any atom is -0.320 e. The van der Waals surface area contributed by atoms with Crippen LogP contribution in [0.25, 0.3) is 5.69 Å². The number of aromatic nitrogens is 4. The van der Waals surface area contributed by atoms with Gasteiger partial charge in [0.15, 0.2) is 0 Å². The Morgan fingerprint density at radius 3 is 2.67 bits per heavy atom. The van der Waals surface area contributed by atoms with E-state index < -0.39 is 0 Å². The third-order valence-corrected chi connectivity index (χ3v) is 3.05. The molecular weight excluding hydrogens is 290 g/mol. The average molecular weight is 300 g/mol. The molecule has 1 amide bonds. The highest BCUT2D eigenvalue weighted by atomic mass is 35.5. The van der Waals surface area contributed by atoms with Gasteiger partial charge in [0.05, 0.1) is 11.4 Å². The topological polar surface area (TPSA) is 72.7 Å². The Kier molecular flexibility index (Phi) is 3.61. The molecule has 104 valence electrons. The van der Waals surface area contributed by atoms with Gasteiger partial charge in [-0.05, 0) is 30.3 Å². The summed E-state index contributed by atoms with van der Waals surface area (Å²) in [5, 5.41) is 7.39. The molecule has 3 aromatic rings. The van der Waals surface area contributed by atoms with Gasteiger partial charge in [-0.3, -0.25) is 9.78 Å². The second-order valence-corrected chi connectivity index (χ2v) is 4.63. The zero-order valence-corrected chi connectivity index (χ0v) is 11.5.